The van der Waals surface area contributed by atoms with Crippen molar-refractivity contribution in [1.82, 2.24) is 0 Å². The van der Waals surface area contributed by atoms with Crippen LogP contribution >= 0.6 is 0 Å². The number of rotatable bonds is 4. The lowest BCUT2D eigenvalue weighted by Gasteiger charge is -2.11. The smallest absolute Gasteiger partial charge is 0.308 e. The van der Waals surface area contributed by atoms with Crippen molar-refractivity contribution < 1.29 is 14.3 Å². The fourth-order valence-electron chi connectivity index (χ4n) is 1.30. The summed E-state index contributed by atoms with van der Waals surface area (Å²) in [5.74, 6) is 0.682. The molecule has 1 aromatic rings. The van der Waals surface area contributed by atoms with E-state index in [0.717, 1.165) is 5.56 Å². The van der Waals surface area contributed by atoms with E-state index in [1.54, 1.807) is 19.3 Å². The van der Waals surface area contributed by atoms with Gasteiger partial charge in [-0.25, -0.2) is 0 Å². The van der Waals surface area contributed by atoms with Gasteiger partial charge in [0.05, 0.1) is 7.11 Å². The van der Waals surface area contributed by atoms with Crippen molar-refractivity contribution in [3.8, 4) is 11.5 Å². The molecule has 0 aliphatic rings. The lowest BCUT2D eigenvalue weighted by atomic mass is 10.1. The van der Waals surface area contributed by atoms with Crippen LogP contribution < -0.4 is 9.47 Å². The van der Waals surface area contributed by atoms with E-state index in [4.69, 9.17) is 9.47 Å². The number of benzene rings is 1. The Morgan fingerprint density at radius 1 is 1.53 bits per heavy atom. The first-order chi connectivity index (χ1) is 7.19. The minimum absolute atomic E-state index is 0.357. The highest BCUT2D eigenvalue weighted by Gasteiger charge is 2.11. The predicted molar refractivity (Wildman–Crippen MR) is 58.2 cm³/mol. The Hall–Kier alpha value is -1.77. The standard InChI is InChI=1S/C12H14O3/c1-4-6-10-7-5-8-11(14-3)12(10)15-9(2)13/h4-5,7-8H,1,6H2,2-3H3. The van der Waals surface area contributed by atoms with Gasteiger partial charge in [-0.2, -0.15) is 0 Å². The Kier molecular flexibility index (Phi) is 3.92. The van der Waals surface area contributed by atoms with Gasteiger partial charge in [-0.05, 0) is 12.5 Å². The summed E-state index contributed by atoms with van der Waals surface area (Å²) < 4.78 is 10.2. The molecule has 0 atom stereocenters. The van der Waals surface area contributed by atoms with Crippen molar-refractivity contribution in [1.29, 1.82) is 0 Å². The number of hydrogen-bond acceptors (Lipinski definition) is 3. The normalized spacial score (nSPS) is 9.47. The van der Waals surface area contributed by atoms with Crippen LogP contribution in [0.15, 0.2) is 30.9 Å². The lowest BCUT2D eigenvalue weighted by molar-refractivity contribution is -0.132. The molecule has 1 rings (SSSR count). The zero-order valence-corrected chi connectivity index (χ0v) is 8.95. The van der Waals surface area contributed by atoms with Crippen LogP contribution in [-0.4, -0.2) is 13.1 Å². The molecule has 0 aliphatic heterocycles. The van der Waals surface area contributed by atoms with Crippen LogP contribution in [0.4, 0.5) is 0 Å². The van der Waals surface area contributed by atoms with Gasteiger partial charge in [-0.1, -0.05) is 18.2 Å². The number of para-hydroxylation sites is 1. The maximum atomic E-state index is 10.9. The number of hydrogen-bond donors (Lipinski definition) is 0. The van der Waals surface area contributed by atoms with Gasteiger partial charge in [-0.15, -0.1) is 6.58 Å². The summed E-state index contributed by atoms with van der Waals surface area (Å²) in [6, 6.07) is 5.48. The van der Waals surface area contributed by atoms with Crippen molar-refractivity contribution in [3.05, 3.63) is 36.4 Å². The molecule has 0 spiro atoms. The second-order valence-corrected chi connectivity index (χ2v) is 3.03. The van der Waals surface area contributed by atoms with Gasteiger partial charge in [0.1, 0.15) is 0 Å². The number of carbonyl (C=O) groups is 1. The van der Waals surface area contributed by atoms with Gasteiger partial charge in [0.2, 0.25) is 0 Å². The van der Waals surface area contributed by atoms with E-state index < -0.39 is 0 Å². The molecule has 0 saturated carbocycles. The summed E-state index contributed by atoms with van der Waals surface area (Å²) >= 11 is 0. The molecule has 0 bridgehead atoms. The van der Waals surface area contributed by atoms with Gasteiger partial charge in [0, 0.05) is 12.5 Å². The predicted octanol–water partition coefficient (Wildman–Crippen LogP) is 2.35. The number of ether oxygens (including phenoxy) is 2. The highest BCUT2D eigenvalue weighted by molar-refractivity contribution is 5.71. The highest BCUT2D eigenvalue weighted by atomic mass is 16.6. The monoisotopic (exact) mass is 206 g/mol. The number of allylic oxidation sites excluding steroid dienone is 1. The molecule has 0 heterocycles. The molecule has 0 saturated heterocycles. The topological polar surface area (TPSA) is 35.5 Å². The van der Waals surface area contributed by atoms with Crippen molar-refractivity contribution >= 4 is 5.97 Å². The molecule has 15 heavy (non-hydrogen) atoms. The van der Waals surface area contributed by atoms with Crippen molar-refractivity contribution in [2.45, 2.75) is 13.3 Å². The van der Waals surface area contributed by atoms with E-state index >= 15 is 0 Å². The third-order valence-electron chi connectivity index (χ3n) is 1.89. The molecular weight excluding hydrogens is 192 g/mol. The molecule has 0 fully saturated rings. The van der Waals surface area contributed by atoms with Gasteiger partial charge >= 0.3 is 5.97 Å². The third-order valence-corrected chi connectivity index (χ3v) is 1.89. The SMILES string of the molecule is C=CCc1cccc(OC)c1OC(C)=O. The molecule has 0 aliphatic carbocycles. The van der Waals surface area contributed by atoms with Crippen LogP contribution in [0.3, 0.4) is 0 Å². The van der Waals surface area contributed by atoms with Gasteiger partial charge in [0.25, 0.3) is 0 Å². The van der Waals surface area contributed by atoms with Crippen molar-refractivity contribution in [2.24, 2.45) is 0 Å². The summed E-state index contributed by atoms with van der Waals surface area (Å²) in [5.41, 5.74) is 0.888. The Labute approximate surface area is 89.3 Å². The van der Waals surface area contributed by atoms with E-state index in [0.29, 0.717) is 17.9 Å². The van der Waals surface area contributed by atoms with E-state index in [9.17, 15) is 4.79 Å². The molecule has 3 nitrogen and oxygen atoms in total. The summed E-state index contributed by atoms with van der Waals surface area (Å²) in [6.07, 6.45) is 2.39. The van der Waals surface area contributed by atoms with Gasteiger partial charge < -0.3 is 9.47 Å². The Bertz CT molecular complexity index is 369. The molecule has 0 amide bonds. The Morgan fingerprint density at radius 3 is 2.80 bits per heavy atom. The van der Waals surface area contributed by atoms with E-state index in [2.05, 4.69) is 6.58 Å². The third kappa shape index (κ3) is 2.84. The summed E-state index contributed by atoms with van der Waals surface area (Å²) in [7, 11) is 1.54. The van der Waals surface area contributed by atoms with Crippen LogP contribution in [-0.2, 0) is 11.2 Å². The maximum absolute atomic E-state index is 10.9. The van der Waals surface area contributed by atoms with Crippen LogP contribution in [0.2, 0.25) is 0 Å². The molecular formula is C12H14O3. The zero-order chi connectivity index (χ0) is 11.3. The van der Waals surface area contributed by atoms with Gasteiger partial charge in [-0.3, -0.25) is 4.79 Å². The van der Waals surface area contributed by atoms with Gasteiger partial charge in [0.15, 0.2) is 11.5 Å². The Balaban J connectivity index is 3.13. The largest absolute Gasteiger partial charge is 0.493 e. The highest BCUT2D eigenvalue weighted by Crippen LogP contribution is 2.31. The van der Waals surface area contributed by atoms with Crippen molar-refractivity contribution in [2.75, 3.05) is 7.11 Å². The molecule has 80 valence electrons. The average Bonchev–Trinajstić information content (AvgIpc) is 2.20. The first-order valence-corrected chi connectivity index (χ1v) is 4.64. The van der Waals surface area contributed by atoms with Crippen LogP contribution in [0.25, 0.3) is 0 Å². The molecule has 1 aromatic carbocycles. The first kappa shape index (κ1) is 11.3. The minimum Gasteiger partial charge on any atom is -0.493 e. The van der Waals surface area contributed by atoms with Crippen LogP contribution in [0.5, 0.6) is 11.5 Å². The van der Waals surface area contributed by atoms with Crippen LogP contribution in [0, 0.1) is 0 Å². The average molecular weight is 206 g/mol. The van der Waals surface area contributed by atoms with Crippen LogP contribution in [0.1, 0.15) is 12.5 Å². The quantitative estimate of drug-likeness (QED) is 0.431. The number of methoxy groups -OCH3 is 1. The number of carbonyl (C=O) groups excluding carboxylic acids is 1. The number of esters is 1. The zero-order valence-electron chi connectivity index (χ0n) is 8.95. The van der Waals surface area contributed by atoms with E-state index in [1.165, 1.54) is 6.92 Å². The molecule has 3 heteroatoms. The fraction of sp³-hybridized carbons (Fsp3) is 0.250. The molecule has 0 aromatic heterocycles. The Morgan fingerprint density at radius 2 is 2.27 bits per heavy atom. The fourth-order valence-corrected chi connectivity index (χ4v) is 1.30. The van der Waals surface area contributed by atoms with Crippen molar-refractivity contribution in [3.63, 3.8) is 0 Å². The second-order valence-electron chi connectivity index (χ2n) is 3.03. The van der Waals surface area contributed by atoms with E-state index in [-0.39, 0.29) is 5.97 Å². The first-order valence-electron chi connectivity index (χ1n) is 4.64. The molecule has 0 radical (unpaired) electrons. The maximum Gasteiger partial charge on any atom is 0.308 e. The molecule has 0 N–H and O–H groups in total. The summed E-state index contributed by atoms with van der Waals surface area (Å²) in [5, 5.41) is 0. The summed E-state index contributed by atoms with van der Waals surface area (Å²) in [4.78, 5) is 10.9. The van der Waals surface area contributed by atoms with E-state index in [1.807, 2.05) is 12.1 Å². The summed E-state index contributed by atoms with van der Waals surface area (Å²) in [6.45, 7) is 5.02. The minimum atomic E-state index is -0.357. The second kappa shape index (κ2) is 5.20. The lowest BCUT2D eigenvalue weighted by Crippen LogP contribution is -2.05. The molecule has 0 unspecified atom stereocenters.